The van der Waals surface area contributed by atoms with Crippen molar-refractivity contribution in [2.24, 2.45) is 0 Å². The van der Waals surface area contributed by atoms with Crippen LogP contribution in [0.25, 0.3) is 0 Å². The van der Waals surface area contributed by atoms with Gasteiger partial charge in [0.15, 0.2) is 0 Å². The lowest BCUT2D eigenvalue weighted by atomic mass is 10.0. The van der Waals surface area contributed by atoms with Crippen LogP contribution < -0.4 is 6.15 Å². The second kappa shape index (κ2) is 26.4. The molecule has 0 aliphatic rings. The summed E-state index contributed by atoms with van der Waals surface area (Å²) in [6, 6.07) is 10.9. The van der Waals surface area contributed by atoms with Crippen molar-refractivity contribution in [3.63, 3.8) is 0 Å². The van der Waals surface area contributed by atoms with E-state index >= 15 is 0 Å². The van der Waals surface area contributed by atoms with Gasteiger partial charge in [-0.05, 0) is 39.5 Å². The smallest absolute Gasteiger partial charge is 0.0140 e. The lowest BCUT2D eigenvalue weighted by Gasteiger charge is -2.03. The van der Waals surface area contributed by atoms with E-state index in [-0.39, 0.29) is 18.6 Å². The Morgan fingerprint density at radius 1 is 0.571 bits per heavy atom. The third-order valence-corrected chi connectivity index (χ3v) is 4.66. The molecule has 1 rings (SSSR count). The van der Waals surface area contributed by atoms with Crippen molar-refractivity contribution in [1.29, 1.82) is 0 Å². The van der Waals surface area contributed by atoms with Crippen molar-refractivity contribution in [3.8, 4) is 0 Å². The predicted octanol–water partition coefficient (Wildman–Crippen LogP) is 8.47. The molecule has 0 heterocycles. The minimum atomic E-state index is 0. The summed E-state index contributed by atoms with van der Waals surface area (Å²) in [5, 5.41) is 0. The summed E-state index contributed by atoms with van der Waals surface area (Å²) in [5.74, 6) is 0. The van der Waals surface area contributed by atoms with Gasteiger partial charge in [-0.3, -0.25) is 0 Å². The molecule has 1 aromatic rings. The van der Waals surface area contributed by atoms with Gasteiger partial charge < -0.3 is 11.1 Å². The van der Waals surface area contributed by atoms with Gasteiger partial charge in [-0.15, -0.1) is 12.4 Å². The maximum Gasteiger partial charge on any atom is -0.0140 e. The summed E-state index contributed by atoms with van der Waals surface area (Å²) >= 11 is 0. The van der Waals surface area contributed by atoms with E-state index in [9.17, 15) is 0 Å². The van der Waals surface area contributed by atoms with E-state index < -0.39 is 0 Å². The first-order valence-corrected chi connectivity index (χ1v) is 11.3. The number of hydrogen-bond donors (Lipinski definition) is 1. The number of nitrogens with zero attached hydrogens (tertiary/aromatic N) is 1. The average Bonchev–Trinajstić information content (AvgIpc) is 2.62. The van der Waals surface area contributed by atoms with Crippen LogP contribution in [0.4, 0.5) is 0 Å². The molecule has 0 aromatic heterocycles. The van der Waals surface area contributed by atoms with E-state index in [4.69, 9.17) is 0 Å². The maximum absolute atomic E-state index is 2.29. The minimum Gasteiger partial charge on any atom is -0.344 e. The monoisotopic (exact) mass is 414 g/mol. The normalized spacial score (nSPS) is 9.89. The quantitative estimate of drug-likeness (QED) is 0.292. The van der Waals surface area contributed by atoms with Gasteiger partial charge in [0.2, 0.25) is 0 Å². The van der Waals surface area contributed by atoms with Gasteiger partial charge in [-0.25, -0.2) is 0 Å². The highest BCUT2D eigenvalue weighted by atomic mass is 35.5. The van der Waals surface area contributed by atoms with Crippen molar-refractivity contribution in [2.75, 3.05) is 21.1 Å². The molecule has 0 bridgehead atoms. The van der Waals surface area contributed by atoms with Crippen molar-refractivity contribution >= 4 is 12.4 Å². The Morgan fingerprint density at radius 2 is 0.893 bits per heavy atom. The number of benzene rings is 1. The standard InChI is InChI=1S/C22H38.C3H9N.ClH.H3N/c1-2-3-4-5-6-7-8-9-10-11-12-13-14-16-19-22-20-17-15-18-21-22;1-4(2)3;;/h15,17-18,20-21H,2-14,16,19H2,1H3;1-3H3;1H;1H3. The van der Waals surface area contributed by atoms with Crippen LogP contribution in [0.1, 0.15) is 102 Å². The van der Waals surface area contributed by atoms with Crippen LogP contribution in [-0.2, 0) is 6.42 Å². The Hall–Kier alpha value is -0.570. The van der Waals surface area contributed by atoms with Crippen LogP contribution in [0.2, 0.25) is 0 Å². The van der Waals surface area contributed by atoms with Crippen molar-refractivity contribution in [3.05, 3.63) is 35.9 Å². The molecule has 0 unspecified atom stereocenters. The first kappa shape index (κ1) is 32.1. The molecule has 1 aromatic carbocycles. The molecule has 3 heteroatoms. The molecule has 0 saturated carbocycles. The first-order chi connectivity index (χ1) is 12.7. The highest BCUT2D eigenvalue weighted by Crippen LogP contribution is 2.13. The molecule has 28 heavy (non-hydrogen) atoms. The summed E-state index contributed by atoms with van der Waals surface area (Å²) < 4.78 is 0. The summed E-state index contributed by atoms with van der Waals surface area (Å²) in [4.78, 5) is 2.00. The fraction of sp³-hybridized carbons (Fsp3) is 0.760. The number of hydrogen-bond acceptors (Lipinski definition) is 2. The van der Waals surface area contributed by atoms with Gasteiger partial charge in [0, 0.05) is 0 Å². The van der Waals surface area contributed by atoms with Crippen LogP contribution in [-0.4, -0.2) is 26.0 Å². The van der Waals surface area contributed by atoms with Gasteiger partial charge in [0.1, 0.15) is 0 Å². The number of halogens is 1. The van der Waals surface area contributed by atoms with Crippen LogP contribution in [0.3, 0.4) is 0 Å². The molecule has 0 fully saturated rings. The zero-order chi connectivity index (χ0) is 19.3. The fourth-order valence-electron chi connectivity index (χ4n) is 3.17. The van der Waals surface area contributed by atoms with Crippen LogP contribution in [0, 0.1) is 0 Å². The van der Waals surface area contributed by atoms with Gasteiger partial charge in [0.05, 0.1) is 0 Å². The maximum atomic E-state index is 2.29. The summed E-state index contributed by atoms with van der Waals surface area (Å²) in [6.07, 6.45) is 21.5. The van der Waals surface area contributed by atoms with Crippen molar-refractivity contribution in [1.82, 2.24) is 11.1 Å². The van der Waals surface area contributed by atoms with Gasteiger partial charge in [0.25, 0.3) is 0 Å². The predicted molar refractivity (Wildman–Crippen MR) is 132 cm³/mol. The molecule has 0 aliphatic carbocycles. The lowest BCUT2D eigenvalue weighted by Crippen LogP contribution is -1.99. The lowest BCUT2D eigenvalue weighted by molar-refractivity contribution is 0.505. The van der Waals surface area contributed by atoms with Crippen LogP contribution in [0.15, 0.2) is 30.3 Å². The minimum absolute atomic E-state index is 0. The summed E-state index contributed by atoms with van der Waals surface area (Å²) in [5.41, 5.74) is 1.50. The molecule has 0 saturated heterocycles. The van der Waals surface area contributed by atoms with E-state index in [0.717, 1.165) is 0 Å². The zero-order valence-electron chi connectivity index (χ0n) is 19.6. The van der Waals surface area contributed by atoms with E-state index in [1.165, 1.54) is 102 Å². The Bertz CT molecular complexity index is 365. The molecular formula is C25H51ClN2. The Balaban J connectivity index is -0.000000948. The third-order valence-electron chi connectivity index (χ3n) is 4.66. The highest BCUT2D eigenvalue weighted by molar-refractivity contribution is 5.85. The molecule has 0 amide bonds. The molecule has 168 valence electrons. The highest BCUT2D eigenvalue weighted by Gasteiger charge is 1.95. The SMILES string of the molecule is CCCCCCCCCCCCCCCCc1ccccc1.CN(C)C.Cl.N. The number of aryl methyl sites for hydroxylation is 1. The summed E-state index contributed by atoms with van der Waals surface area (Å²) in [7, 11) is 6.00. The van der Waals surface area contributed by atoms with Crippen molar-refractivity contribution < 1.29 is 0 Å². The topological polar surface area (TPSA) is 38.2 Å². The summed E-state index contributed by atoms with van der Waals surface area (Å²) in [6.45, 7) is 2.29. The molecule has 0 atom stereocenters. The van der Waals surface area contributed by atoms with E-state index in [1.54, 1.807) is 0 Å². The third kappa shape index (κ3) is 27.6. The zero-order valence-corrected chi connectivity index (χ0v) is 20.4. The largest absolute Gasteiger partial charge is 0.344 e. The van der Waals surface area contributed by atoms with Crippen molar-refractivity contribution in [2.45, 2.75) is 103 Å². The molecule has 0 aliphatic heterocycles. The van der Waals surface area contributed by atoms with Crippen LogP contribution in [0.5, 0.6) is 0 Å². The molecule has 2 nitrogen and oxygen atoms in total. The number of rotatable bonds is 15. The second-order valence-electron chi connectivity index (χ2n) is 8.17. The second-order valence-corrected chi connectivity index (χ2v) is 8.17. The van der Waals surface area contributed by atoms with Gasteiger partial charge in [-0.1, -0.05) is 121 Å². The molecule has 0 radical (unpaired) electrons. The van der Waals surface area contributed by atoms with Crippen LogP contribution >= 0.6 is 12.4 Å². The molecular weight excluding hydrogens is 364 g/mol. The van der Waals surface area contributed by atoms with E-state index in [0.29, 0.717) is 0 Å². The van der Waals surface area contributed by atoms with Gasteiger partial charge >= 0.3 is 0 Å². The Morgan fingerprint density at radius 3 is 1.25 bits per heavy atom. The molecule has 0 spiro atoms. The number of unbranched alkanes of at least 4 members (excludes halogenated alkanes) is 13. The van der Waals surface area contributed by atoms with E-state index in [2.05, 4.69) is 37.3 Å². The Labute approximate surface area is 183 Å². The first-order valence-electron chi connectivity index (χ1n) is 11.3. The van der Waals surface area contributed by atoms with Gasteiger partial charge in [-0.2, -0.15) is 0 Å². The Kier molecular flexibility index (Phi) is 30.3. The van der Waals surface area contributed by atoms with E-state index in [1.807, 2.05) is 26.0 Å². The molecule has 3 N–H and O–H groups in total. The average molecular weight is 415 g/mol. The fourth-order valence-corrected chi connectivity index (χ4v) is 3.17.